The number of fused-ring (bicyclic) bond motifs is 1. The van der Waals surface area contributed by atoms with Gasteiger partial charge < -0.3 is 19.8 Å². The number of halogens is 2. The van der Waals surface area contributed by atoms with Crippen molar-refractivity contribution in [1.29, 1.82) is 0 Å². The number of hydrogen-bond donors (Lipinski definition) is 2. The molecule has 0 spiro atoms. The van der Waals surface area contributed by atoms with E-state index in [0.29, 0.717) is 28.7 Å². The molecule has 7 heteroatoms. The summed E-state index contributed by atoms with van der Waals surface area (Å²) in [5, 5.41) is 6.37. The first-order valence-electron chi connectivity index (χ1n) is 5.85. The second-order valence-corrected chi connectivity index (χ2v) is 5.47. The number of amides is 1. The van der Waals surface area contributed by atoms with E-state index < -0.39 is 0 Å². The van der Waals surface area contributed by atoms with Crippen molar-refractivity contribution in [3.05, 3.63) is 39.7 Å². The molecule has 0 radical (unpaired) electrons. The van der Waals surface area contributed by atoms with E-state index in [1.807, 2.05) is 6.07 Å². The Kier molecular flexibility index (Phi) is 3.58. The maximum atomic E-state index is 11.2. The Labute approximate surface area is 128 Å². The Morgan fingerprint density at radius 1 is 1.45 bits per heavy atom. The minimum atomic E-state index is -0.186. The molecule has 104 valence electrons. The maximum absolute atomic E-state index is 11.2. The molecule has 0 bridgehead atoms. The fourth-order valence-corrected chi connectivity index (χ4v) is 2.43. The zero-order valence-corrected chi connectivity index (χ0v) is 12.5. The van der Waals surface area contributed by atoms with Gasteiger partial charge in [-0.2, -0.15) is 0 Å². The molecular weight excluding hydrogens is 348 g/mol. The standard InChI is InChI=1S/C13H10BrClN2O3/c14-7-1-2-19-12(7)5-16-9-4-11-10(3-8(9)15)17-13(18)6-20-11/h1-4,16H,5-6H2,(H,17,18). The summed E-state index contributed by atoms with van der Waals surface area (Å²) in [6.45, 7) is 0.496. The summed E-state index contributed by atoms with van der Waals surface area (Å²) in [4.78, 5) is 11.2. The number of ether oxygens (including phenoxy) is 1. The summed E-state index contributed by atoms with van der Waals surface area (Å²) in [6.07, 6.45) is 1.61. The minimum absolute atomic E-state index is 0.0117. The fraction of sp³-hybridized carbons (Fsp3) is 0.154. The van der Waals surface area contributed by atoms with Gasteiger partial charge in [-0.25, -0.2) is 0 Å². The first-order valence-corrected chi connectivity index (χ1v) is 7.02. The van der Waals surface area contributed by atoms with E-state index in [1.54, 1.807) is 18.4 Å². The van der Waals surface area contributed by atoms with Crippen LogP contribution in [0.15, 0.2) is 33.4 Å². The third-order valence-electron chi connectivity index (χ3n) is 2.83. The molecule has 0 unspecified atom stereocenters. The summed E-state index contributed by atoms with van der Waals surface area (Å²) >= 11 is 9.56. The second kappa shape index (κ2) is 5.38. The van der Waals surface area contributed by atoms with Gasteiger partial charge in [0.05, 0.1) is 33.7 Å². The van der Waals surface area contributed by atoms with Crippen LogP contribution >= 0.6 is 27.5 Å². The first-order chi connectivity index (χ1) is 9.63. The van der Waals surface area contributed by atoms with Crippen LogP contribution in [0.2, 0.25) is 5.02 Å². The minimum Gasteiger partial charge on any atom is -0.482 e. The van der Waals surface area contributed by atoms with Crippen molar-refractivity contribution in [2.45, 2.75) is 6.54 Å². The van der Waals surface area contributed by atoms with Crippen molar-refractivity contribution >= 4 is 44.8 Å². The van der Waals surface area contributed by atoms with Crippen LogP contribution in [-0.4, -0.2) is 12.5 Å². The van der Waals surface area contributed by atoms with E-state index in [0.717, 1.165) is 10.2 Å². The second-order valence-electron chi connectivity index (χ2n) is 4.21. The van der Waals surface area contributed by atoms with E-state index in [-0.39, 0.29) is 12.5 Å². The van der Waals surface area contributed by atoms with Crippen molar-refractivity contribution in [3.63, 3.8) is 0 Å². The molecule has 20 heavy (non-hydrogen) atoms. The smallest absolute Gasteiger partial charge is 0.262 e. The quantitative estimate of drug-likeness (QED) is 0.880. The lowest BCUT2D eigenvalue weighted by molar-refractivity contribution is -0.118. The Bertz CT molecular complexity index is 672. The molecule has 1 aromatic carbocycles. The highest BCUT2D eigenvalue weighted by Crippen LogP contribution is 2.36. The van der Waals surface area contributed by atoms with Crippen LogP contribution in [0.25, 0.3) is 0 Å². The summed E-state index contributed by atoms with van der Waals surface area (Å²) in [7, 11) is 0. The number of rotatable bonds is 3. The molecule has 0 saturated heterocycles. The first kappa shape index (κ1) is 13.3. The van der Waals surface area contributed by atoms with Gasteiger partial charge in [0.15, 0.2) is 6.61 Å². The van der Waals surface area contributed by atoms with Crippen LogP contribution in [0.1, 0.15) is 5.76 Å². The largest absolute Gasteiger partial charge is 0.482 e. The monoisotopic (exact) mass is 356 g/mol. The van der Waals surface area contributed by atoms with Gasteiger partial charge in [-0.1, -0.05) is 11.6 Å². The lowest BCUT2D eigenvalue weighted by Crippen LogP contribution is -2.25. The average Bonchev–Trinajstić information content (AvgIpc) is 2.82. The van der Waals surface area contributed by atoms with Crippen LogP contribution in [0, 0.1) is 0 Å². The Morgan fingerprint density at radius 3 is 3.05 bits per heavy atom. The van der Waals surface area contributed by atoms with E-state index >= 15 is 0 Å². The highest BCUT2D eigenvalue weighted by Gasteiger charge is 2.18. The predicted octanol–water partition coefficient (Wildman–Crippen LogP) is 3.64. The topological polar surface area (TPSA) is 63.5 Å². The molecule has 0 saturated carbocycles. The molecule has 2 aromatic rings. The van der Waals surface area contributed by atoms with Crippen molar-refractivity contribution in [1.82, 2.24) is 0 Å². The maximum Gasteiger partial charge on any atom is 0.262 e. The van der Waals surface area contributed by atoms with E-state index in [1.165, 1.54) is 0 Å². The highest BCUT2D eigenvalue weighted by atomic mass is 79.9. The fourth-order valence-electron chi connectivity index (χ4n) is 1.86. The van der Waals surface area contributed by atoms with E-state index in [9.17, 15) is 4.79 Å². The molecule has 3 rings (SSSR count). The third-order valence-corrected chi connectivity index (χ3v) is 3.85. The summed E-state index contributed by atoms with van der Waals surface area (Å²) in [5.41, 5.74) is 1.29. The van der Waals surface area contributed by atoms with Gasteiger partial charge in [-0.05, 0) is 28.1 Å². The van der Waals surface area contributed by atoms with E-state index in [2.05, 4.69) is 26.6 Å². The highest BCUT2D eigenvalue weighted by molar-refractivity contribution is 9.10. The lowest BCUT2D eigenvalue weighted by Gasteiger charge is -2.19. The number of furan rings is 1. The van der Waals surface area contributed by atoms with Gasteiger partial charge >= 0.3 is 0 Å². The van der Waals surface area contributed by atoms with Gasteiger partial charge in [-0.15, -0.1) is 0 Å². The number of nitrogens with one attached hydrogen (secondary N) is 2. The molecule has 0 aliphatic carbocycles. The number of hydrogen-bond acceptors (Lipinski definition) is 4. The summed E-state index contributed by atoms with van der Waals surface area (Å²) < 4.78 is 11.6. The lowest BCUT2D eigenvalue weighted by atomic mass is 10.2. The number of carbonyl (C=O) groups is 1. The van der Waals surface area contributed by atoms with Gasteiger partial charge in [0.2, 0.25) is 0 Å². The van der Waals surface area contributed by atoms with Gasteiger partial charge in [0, 0.05) is 6.07 Å². The zero-order valence-electron chi connectivity index (χ0n) is 10.2. The van der Waals surface area contributed by atoms with Crippen molar-refractivity contribution in [2.75, 3.05) is 17.2 Å². The Hall–Kier alpha value is -1.66. The number of carbonyl (C=O) groups excluding carboxylic acids is 1. The molecule has 2 N–H and O–H groups in total. The molecule has 0 atom stereocenters. The number of benzene rings is 1. The van der Waals surface area contributed by atoms with Gasteiger partial charge in [0.1, 0.15) is 11.5 Å². The van der Waals surface area contributed by atoms with Crippen LogP contribution in [-0.2, 0) is 11.3 Å². The molecule has 1 aromatic heterocycles. The molecule has 1 amide bonds. The van der Waals surface area contributed by atoms with Gasteiger partial charge in [0.25, 0.3) is 5.91 Å². The predicted molar refractivity (Wildman–Crippen MR) is 79.3 cm³/mol. The van der Waals surface area contributed by atoms with Crippen molar-refractivity contribution in [2.24, 2.45) is 0 Å². The zero-order chi connectivity index (χ0) is 14.1. The normalized spacial score (nSPS) is 13.4. The molecule has 2 heterocycles. The van der Waals surface area contributed by atoms with Crippen LogP contribution < -0.4 is 15.4 Å². The summed E-state index contributed by atoms with van der Waals surface area (Å²) in [6, 6.07) is 5.24. The van der Waals surface area contributed by atoms with Crippen LogP contribution in [0.3, 0.4) is 0 Å². The van der Waals surface area contributed by atoms with Crippen LogP contribution in [0.5, 0.6) is 5.75 Å². The van der Waals surface area contributed by atoms with Crippen molar-refractivity contribution in [3.8, 4) is 5.75 Å². The van der Waals surface area contributed by atoms with E-state index in [4.69, 9.17) is 20.8 Å². The molecular formula is C13H10BrClN2O3. The molecule has 1 aliphatic rings. The molecule has 0 fully saturated rings. The van der Waals surface area contributed by atoms with Gasteiger partial charge in [-0.3, -0.25) is 4.79 Å². The molecule has 5 nitrogen and oxygen atoms in total. The molecule has 1 aliphatic heterocycles. The summed E-state index contributed by atoms with van der Waals surface area (Å²) in [5.74, 6) is 1.18. The average molecular weight is 358 g/mol. The van der Waals surface area contributed by atoms with Crippen LogP contribution in [0.4, 0.5) is 11.4 Å². The third kappa shape index (κ3) is 2.62. The Morgan fingerprint density at radius 2 is 2.30 bits per heavy atom. The number of anilines is 2. The van der Waals surface area contributed by atoms with Crippen molar-refractivity contribution < 1.29 is 13.9 Å². The SMILES string of the molecule is O=C1COc2cc(NCc3occc3Br)c(Cl)cc2N1. The Balaban J connectivity index is 1.80.